The van der Waals surface area contributed by atoms with Gasteiger partial charge in [0.1, 0.15) is 0 Å². The molecule has 0 fully saturated rings. The van der Waals surface area contributed by atoms with Gasteiger partial charge in [-0.2, -0.15) is 0 Å². The van der Waals surface area contributed by atoms with Gasteiger partial charge in [-0.3, -0.25) is 9.59 Å². The molecule has 0 aromatic rings. The van der Waals surface area contributed by atoms with E-state index in [-0.39, 0.29) is 12.3 Å². The Labute approximate surface area is 83.9 Å². The first-order chi connectivity index (χ1) is 6.34. The minimum Gasteiger partial charge on any atom is -0.481 e. The van der Waals surface area contributed by atoms with Gasteiger partial charge in [0.2, 0.25) is 5.91 Å². The van der Waals surface area contributed by atoms with Crippen LogP contribution in [0.5, 0.6) is 0 Å². The summed E-state index contributed by atoms with van der Waals surface area (Å²) in [6.45, 7) is 4.55. The number of hydrogen-bond donors (Lipinski definition) is 2. The number of nitrogens with two attached hydrogens (primary N) is 1. The average molecular weight is 202 g/mol. The summed E-state index contributed by atoms with van der Waals surface area (Å²) < 4.78 is 0. The largest absolute Gasteiger partial charge is 0.481 e. The SMILES string of the molecule is CC(C)CN(C)C(=O)C(N)CC(=O)O. The zero-order valence-corrected chi connectivity index (χ0v) is 8.86. The molecule has 0 saturated heterocycles. The van der Waals surface area contributed by atoms with Gasteiger partial charge in [0.05, 0.1) is 12.5 Å². The Balaban J connectivity index is 4.10. The lowest BCUT2D eigenvalue weighted by molar-refractivity contribution is -0.141. The number of aliphatic carboxylic acids is 1. The van der Waals surface area contributed by atoms with E-state index >= 15 is 0 Å². The number of carbonyl (C=O) groups excluding carboxylic acids is 1. The number of hydrogen-bond acceptors (Lipinski definition) is 3. The molecular weight excluding hydrogens is 184 g/mol. The van der Waals surface area contributed by atoms with E-state index < -0.39 is 12.0 Å². The molecule has 0 aliphatic carbocycles. The van der Waals surface area contributed by atoms with E-state index in [2.05, 4.69) is 0 Å². The highest BCUT2D eigenvalue weighted by Gasteiger charge is 2.20. The van der Waals surface area contributed by atoms with Crippen molar-refractivity contribution < 1.29 is 14.7 Å². The van der Waals surface area contributed by atoms with E-state index in [4.69, 9.17) is 10.8 Å². The Kier molecular flexibility index (Phi) is 5.15. The van der Waals surface area contributed by atoms with Gasteiger partial charge in [-0.25, -0.2) is 0 Å². The molecule has 0 saturated carbocycles. The van der Waals surface area contributed by atoms with E-state index in [1.54, 1.807) is 7.05 Å². The molecule has 3 N–H and O–H groups in total. The predicted octanol–water partition coefficient (Wildman–Crippen LogP) is -0.0972. The Hall–Kier alpha value is -1.10. The van der Waals surface area contributed by atoms with E-state index in [1.165, 1.54) is 4.90 Å². The zero-order chi connectivity index (χ0) is 11.3. The van der Waals surface area contributed by atoms with Crippen molar-refractivity contribution in [2.75, 3.05) is 13.6 Å². The monoisotopic (exact) mass is 202 g/mol. The summed E-state index contributed by atoms with van der Waals surface area (Å²) in [5, 5.41) is 8.45. The maximum Gasteiger partial charge on any atom is 0.305 e. The second-order valence-electron chi connectivity index (χ2n) is 3.82. The van der Waals surface area contributed by atoms with E-state index in [1.807, 2.05) is 13.8 Å². The van der Waals surface area contributed by atoms with Crippen LogP contribution in [-0.4, -0.2) is 41.5 Å². The smallest absolute Gasteiger partial charge is 0.305 e. The van der Waals surface area contributed by atoms with Crippen molar-refractivity contribution in [1.29, 1.82) is 0 Å². The van der Waals surface area contributed by atoms with E-state index in [0.29, 0.717) is 12.5 Å². The Morgan fingerprint density at radius 1 is 1.43 bits per heavy atom. The average Bonchev–Trinajstić information content (AvgIpc) is 2.00. The fraction of sp³-hybridized carbons (Fsp3) is 0.778. The zero-order valence-electron chi connectivity index (χ0n) is 8.86. The van der Waals surface area contributed by atoms with Gasteiger partial charge in [-0.05, 0) is 5.92 Å². The van der Waals surface area contributed by atoms with Crippen molar-refractivity contribution in [2.24, 2.45) is 11.7 Å². The lowest BCUT2D eigenvalue weighted by Crippen LogP contribution is -2.44. The van der Waals surface area contributed by atoms with Crippen LogP contribution in [0.2, 0.25) is 0 Å². The topological polar surface area (TPSA) is 83.6 Å². The van der Waals surface area contributed by atoms with Crippen molar-refractivity contribution in [3.8, 4) is 0 Å². The van der Waals surface area contributed by atoms with Gasteiger partial charge < -0.3 is 15.7 Å². The molecule has 0 aliphatic heterocycles. The van der Waals surface area contributed by atoms with Crippen LogP contribution in [0.15, 0.2) is 0 Å². The fourth-order valence-electron chi connectivity index (χ4n) is 1.20. The van der Waals surface area contributed by atoms with Crippen molar-refractivity contribution >= 4 is 11.9 Å². The maximum atomic E-state index is 11.5. The molecule has 0 aromatic carbocycles. The highest BCUT2D eigenvalue weighted by atomic mass is 16.4. The van der Waals surface area contributed by atoms with Crippen molar-refractivity contribution in [1.82, 2.24) is 4.90 Å². The molecule has 0 bridgehead atoms. The number of carboxylic acid groups (broad SMARTS) is 1. The molecule has 0 aromatic heterocycles. The lowest BCUT2D eigenvalue weighted by Gasteiger charge is -2.22. The van der Waals surface area contributed by atoms with Gasteiger partial charge in [0, 0.05) is 13.6 Å². The third kappa shape index (κ3) is 4.81. The number of likely N-dealkylation sites (N-methyl/N-ethyl adjacent to an activating group) is 1. The summed E-state index contributed by atoms with van der Waals surface area (Å²) in [5.41, 5.74) is 5.42. The van der Waals surface area contributed by atoms with Crippen molar-refractivity contribution in [3.63, 3.8) is 0 Å². The molecule has 1 unspecified atom stereocenters. The molecule has 0 spiro atoms. The van der Waals surface area contributed by atoms with Gasteiger partial charge in [-0.15, -0.1) is 0 Å². The van der Waals surface area contributed by atoms with Gasteiger partial charge in [0.25, 0.3) is 0 Å². The Bertz CT molecular complexity index is 216. The number of carbonyl (C=O) groups is 2. The van der Waals surface area contributed by atoms with Crippen LogP contribution in [0.3, 0.4) is 0 Å². The molecule has 14 heavy (non-hydrogen) atoms. The van der Waals surface area contributed by atoms with Crippen molar-refractivity contribution in [2.45, 2.75) is 26.3 Å². The van der Waals surface area contributed by atoms with Crippen molar-refractivity contribution in [3.05, 3.63) is 0 Å². The molecule has 0 radical (unpaired) electrons. The third-order valence-electron chi connectivity index (χ3n) is 1.73. The van der Waals surface area contributed by atoms with Crippen LogP contribution in [0, 0.1) is 5.92 Å². The molecular formula is C9H18N2O3. The standard InChI is InChI=1S/C9H18N2O3/c1-6(2)5-11(3)9(14)7(10)4-8(12)13/h6-7H,4-5,10H2,1-3H3,(H,12,13). The number of rotatable bonds is 5. The summed E-state index contributed by atoms with van der Waals surface area (Å²) in [7, 11) is 1.63. The number of carboxylic acids is 1. The highest BCUT2D eigenvalue weighted by Crippen LogP contribution is 2.00. The molecule has 0 heterocycles. The lowest BCUT2D eigenvalue weighted by atomic mass is 10.1. The molecule has 5 nitrogen and oxygen atoms in total. The third-order valence-corrected chi connectivity index (χ3v) is 1.73. The van der Waals surface area contributed by atoms with Crippen LogP contribution < -0.4 is 5.73 Å². The first-order valence-electron chi connectivity index (χ1n) is 4.57. The van der Waals surface area contributed by atoms with Gasteiger partial charge in [-0.1, -0.05) is 13.8 Å². The summed E-state index contributed by atoms with van der Waals surface area (Å²) >= 11 is 0. The summed E-state index contributed by atoms with van der Waals surface area (Å²) in [5.74, 6) is -1.02. The van der Waals surface area contributed by atoms with E-state index in [9.17, 15) is 9.59 Å². The first-order valence-corrected chi connectivity index (χ1v) is 4.57. The van der Waals surface area contributed by atoms with Crippen LogP contribution >= 0.6 is 0 Å². The Morgan fingerprint density at radius 3 is 2.29 bits per heavy atom. The predicted molar refractivity (Wildman–Crippen MR) is 52.7 cm³/mol. The van der Waals surface area contributed by atoms with Crippen LogP contribution in [0.25, 0.3) is 0 Å². The van der Waals surface area contributed by atoms with Crippen LogP contribution in [0.4, 0.5) is 0 Å². The van der Waals surface area contributed by atoms with Crippen LogP contribution in [-0.2, 0) is 9.59 Å². The first kappa shape index (κ1) is 12.9. The second-order valence-corrected chi connectivity index (χ2v) is 3.82. The van der Waals surface area contributed by atoms with E-state index in [0.717, 1.165) is 0 Å². The second kappa shape index (κ2) is 5.59. The minimum atomic E-state index is -1.05. The maximum absolute atomic E-state index is 11.5. The fourth-order valence-corrected chi connectivity index (χ4v) is 1.20. The molecule has 1 atom stereocenters. The summed E-state index contributed by atoms with van der Waals surface area (Å²) in [4.78, 5) is 23.2. The van der Waals surface area contributed by atoms with Gasteiger partial charge >= 0.3 is 5.97 Å². The molecule has 5 heteroatoms. The molecule has 82 valence electrons. The molecule has 1 amide bonds. The molecule has 0 aliphatic rings. The number of nitrogens with zero attached hydrogens (tertiary/aromatic N) is 1. The normalized spacial score (nSPS) is 12.6. The van der Waals surface area contributed by atoms with Crippen LogP contribution in [0.1, 0.15) is 20.3 Å². The number of amides is 1. The quantitative estimate of drug-likeness (QED) is 0.652. The van der Waals surface area contributed by atoms with Gasteiger partial charge in [0.15, 0.2) is 0 Å². The highest BCUT2D eigenvalue weighted by molar-refractivity contribution is 5.85. The minimum absolute atomic E-state index is 0.318. The summed E-state index contributed by atoms with van der Waals surface area (Å²) in [6, 6.07) is -0.934. The molecule has 0 rings (SSSR count). The Morgan fingerprint density at radius 2 is 1.93 bits per heavy atom. The summed E-state index contributed by atoms with van der Waals surface area (Å²) in [6.07, 6.45) is -0.318.